The minimum atomic E-state index is -0.292. The van der Waals surface area contributed by atoms with E-state index in [1.165, 1.54) is 6.92 Å². The number of nitrogens with zero attached hydrogens (tertiary/aromatic N) is 1. The minimum Gasteiger partial charge on any atom is -0.314 e. The van der Waals surface area contributed by atoms with Gasteiger partial charge in [0, 0.05) is 33.1 Å². The van der Waals surface area contributed by atoms with Gasteiger partial charge in [0.15, 0.2) is 0 Å². The van der Waals surface area contributed by atoms with Crippen LogP contribution in [0.3, 0.4) is 0 Å². The van der Waals surface area contributed by atoms with Crippen molar-refractivity contribution in [2.45, 2.75) is 6.92 Å². The van der Waals surface area contributed by atoms with Crippen molar-refractivity contribution < 1.29 is 9.59 Å². The third-order valence-corrected chi connectivity index (χ3v) is 1.89. The first-order valence-electron chi connectivity index (χ1n) is 4.42. The van der Waals surface area contributed by atoms with Crippen LogP contribution in [0.2, 0.25) is 0 Å². The lowest BCUT2D eigenvalue weighted by Crippen LogP contribution is -2.48. The molecule has 0 aromatic heterocycles. The summed E-state index contributed by atoms with van der Waals surface area (Å²) in [6.45, 7) is 5.22. The summed E-state index contributed by atoms with van der Waals surface area (Å²) in [7, 11) is 0. The van der Waals surface area contributed by atoms with Gasteiger partial charge in [0.2, 0.25) is 11.8 Å². The third kappa shape index (κ3) is 4.00. The average molecular weight is 185 g/mol. The van der Waals surface area contributed by atoms with Crippen molar-refractivity contribution in [3.8, 4) is 0 Å². The first-order valence-corrected chi connectivity index (χ1v) is 4.42. The molecular weight excluding hydrogens is 170 g/mol. The predicted molar refractivity (Wildman–Crippen MR) is 48.1 cm³/mol. The smallest absolute Gasteiger partial charge is 0.240 e. The summed E-state index contributed by atoms with van der Waals surface area (Å²) < 4.78 is 0. The standard InChI is InChI=1S/C8H15N3O2/c1-7(12)10-8(13)6-11-4-2-9-3-5-11/h9H,2-6H2,1H3,(H,10,12,13). The highest BCUT2D eigenvalue weighted by Crippen LogP contribution is 1.90. The molecule has 1 fully saturated rings. The number of piperazine rings is 1. The fourth-order valence-corrected chi connectivity index (χ4v) is 1.31. The molecule has 1 saturated heterocycles. The van der Waals surface area contributed by atoms with Crippen LogP contribution in [0.5, 0.6) is 0 Å². The maximum absolute atomic E-state index is 11.1. The van der Waals surface area contributed by atoms with E-state index < -0.39 is 0 Å². The molecular formula is C8H15N3O2. The first kappa shape index (κ1) is 10.1. The van der Waals surface area contributed by atoms with Gasteiger partial charge in [-0.2, -0.15) is 0 Å². The fraction of sp³-hybridized carbons (Fsp3) is 0.750. The second-order valence-electron chi connectivity index (χ2n) is 3.13. The van der Waals surface area contributed by atoms with Gasteiger partial charge in [-0.15, -0.1) is 0 Å². The maximum Gasteiger partial charge on any atom is 0.240 e. The molecule has 13 heavy (non-hydrogen) atoms. The molecule has 0 spiro atoms. The van der Waals surface area contributed by atoms with Crippen LogP contribution in [-0.2, 0) is 9.59 Å². The van der Waals surface area contributed by atoms with Crippen LogP contribution >= 0.6 is 0 Å². The molecule has 5 nitrogen and oxygen atoms in total. The molecule has 2 N–H and O–H groups in total. The highest BCUT2D eigenvalue weighted by Gasteiger charge is 2.13. The normalized spacial score (nSPS) is 18.2. The molecule has 0 radical (unpaired) electrons. The van der Waals surface area contributed by atoms with Crippen molar-refractivity contribution in [3.63, 3.8) is 0 Å². The van der Waals surface area contributed by atoms with E-state index in [1.54, 1.807) is 0 Å². The quantitative estimate of drug-likeness (QED) is 0.553. The molecule has 0 aliphatic carbocycles. The van der Waals surface area contributed by atoms with Crippen molar-refractivity contribution >= 4 is 11.8 Å². The molecule has 2 amide bonds. The zero-order valence-corrected chi connectivity index (χ0v) is 7.80. The van der Waals surface area contributed by atoms with E-state index in [9.17, 15) is 9.59 Å². The second kappa shape index (κ2) is 4.94. The Balaban J connectivity index is 2.22. The molecule has 1 aliphatic heterocycles. The van der Waals surface area contributed by atoms with Crippen LogP contribution < -0.4 is 10.6 Å². The Morgan fingerprint density at radius 2 is 2.00 bits per heavy atom. The van der Waals surface area contributed by atoms with Gasteiger partial charge in [-0.05, 0) is 0 Å². The first-order chi connectivity index (χ1) is 6.18. The summed E-state index contributed by atoms with van der Waals surface area (Å²) in [5, 5.41) is 5.44. The van der Waals surface area contributed by atoms with Crippen molar-refractivity contribution in [3.05, 3.63) is 0 Å². The van der Waals surface area contributed by atoms with Gasteiger partial charge < -0.3 is 5.32 Å². The van der Waals surface area contributed by atoms with Crippen molar-refractivity contribution in [2.24, 2.45) is 0 Å². The molecule has 0 unspecified atom stereocenters. The zero-order chi connectivity index (χ0) is 9.68. The fourth-order valence-electron chi connectivity index (χ4n) is 1.31. The van der Waals surface area contributed by atoms with Crippen LogP contribution in [0.4, 0.5) is 0 Å². The highest BCUT2D eigenvalue weighted by atomic mass is 16.2. The van der Waals surface area contributed by atoms with Gasteiger partial charge >= 0.3 is 0 Å². The summed E-state index contributed by atoms with van der Waals surface area (Å²) in [6, 6.07) is 0. The van der Waals surface area contributed by atoms with Crippen LogP contribution in [0.25, 0.3) is 0 Å². The zero-order valence-electron chi connectivity index (χ0n) is 7.80. The summed E-state index contributed by atoms with van der Waals surface area (Å²) in [5.41, 5.74) is 0. The molecule has 74 valence electrons. The lowest BCUT2D eigenvalue weighted by Gasteiger charge is -2.26. The third-order valence-electron chi connectivity index (χ3n) is 1.89. The van der Waals surface area contributed by atoms with Gasteiger partial charge in [-0.25, -0.2) is 0 Å². The van der Waals surface area contributed by atoms with Crippen molar-refractivity contribution in [2.75, 3.05) is 32.7 Å². The average Bonchev–Trinajstić information content (AvgIpc) is 2.04. The number of hydrogen-bond donors (Lipinski definition) is 2. The number of carbonyl (C=O) groups is 2. The van der Waals surface area contributed by atoms with E-state index in [0.29, 0.717) is 6.54 Å². The Morgan fingerprint density at radius 3 is 2.54 bits per heavy atom. The summed E-state index contributed by atoms with van der Waals surface area (Å²) in [6.07, 6.45) is 0. The highest BCUT2D eigenvalue weighted by molar-refractivity contribution is 5.94. The molecule has 5 heteroatoms. The van der Waals surface area contributed by atoms with E-state index in [0.717, 1.165) is 26.2 Å². The van der Waals surface area contributed by atoms with Gasteiger partial charge in [-0.3, -0.25) is 19.8 Å². The summed E-state index contributed by atoms with van der Waals surface area (Å²) in [5.74, 6) is -0.505. The molecule has 0 atom stereocenters. The van der Waals surface area contributed by atoms with Gasteiger partial charge in [-0.1, -0.05) is 0 Å². The molecule has 1 heterocycles. The van der Waals surface area contributed by atoms with Gasteiger partial charge in [0.05, 0.1) is 6.54 Å². The molecule has 0 saturated carbocycles. The van der Waals surface area contributed by atoms with Crippen LogP contribution in [0.1, 0.15) is 6.92 Å². The molecule has 0 aromatic rings. The van der Waals surface area contributed by atoms with Crippen LogP contribution in [-0.4, -0.2) is 49.4 Å². The van der Waals surface area contributed by atoms with Crippen LogP contribution in [0, 0.1) is 0 Å². The Labute approximate surface area is 77.5 Å². The lowest BCUT2D eigenvalue weighted by atomic mass is 10.3. The Kier molecular flexibility index (Phi) is 3.85. The molecule has 0 bridgehead atoms. The Morgan fingerprint density at radius 1 is 1.38 bits per heavy atom. The van der Waals surface area contributed by atoms with Crippen molar-refractivity contribution in [1.82, 2.24) is 15.5 Å². The van der Waals surface area contributed by atoms with E-state index >= 15 is 0 Å². The Hall–Kier alpha value is -0.940. The van der Waals surface area contributed by atoms with Crippen molar-refractivity contribution in [1.29, 1.82) is 0 Å². The van der Waals surface area contributed by atoms with E-state index in [2.05, 4.69) is 10.6 Å². The summed E-state index contributed by atoms with van der Waals surface area (Å²) >= 11 is 0. The monoisotopic (exact) mass is 185 g/mol. The number of carbonyl (C=O) groups excluding carboxylic acids is 2. The number of nitrogens with one attached hydrogen (secondary N) is 2. The largest absolute Gasteiger partial charge is 0.314 e. The second-order valence-corrected chi connectivity index (χ2v) is 3.13. The van der Waals surface area contributed by atoms with E-state index in [4.69, 9.17) is 0 Å². The topological polar surface area (TPSA) is 61.4 Å². The van der Waals surface area contributed by atoms with Gasteiger partial charge in [0.1, 0.15) is 0 Å². The number of amides is 2. The SMILES string of the molecule is CC(=O)NC(=O)CN1CCNCC1. The van der Waals surface area contributed by atoms with E-state index in [-0.39, 0.29) is 11.8 Å². The number of imide groups is 1. The number of hydrogen-bond acceptors (Lipinski definition) is 4. The molecule has 1 rings (SSSR count). The lowest BCUT2D eigenvalue weighted by molar-refractivity contribution is -0.130. The number of rotatable bonds is 2. The van der Waals surface area contributed by atoms with E-state index in [1.807, 2.05) is 4.90 Å². The predicted octanol–water partition coefficient (Wildman–Crippen LogP) is -1.45. The maximum atomic E-state index is 11.1. The Bertz CT molecular complexity index is 200. The van der Waals surface area contributed by atoms with Crippen LogP contribution in [0.15, 0.2) is 0 Å². The molecule has 1 aliphatic rings. The summed E-state index contributed by atoms with van der Waals surface area (Å²) in [4.78, 5) is 23.7. The molecule has 0 aromatic carbocycles. The minimum absolute atomic E-state index is 0.214. The van der Waals surface area contributed by atoms with Gasteiger partial charge in [0.25, 0.3) is 0 Å².